The van der Waals surface area contributed by atoms with Crippen LogP contribution in [-0.2, 0) is 20.7 Å². The zero-order valence-electron chi connectivity index (χ0n) is 12.2. The van der Waals surface area contributed by atoms with E-state index in [1.165, 1.54) is 11.3 Å². The molecule has 23 heavy (non-hydrogen) atoms. The first-order valence-corrected chi connectivity index (χ1v) is 8.01. The highest BCUT2D eigenvalue weighted by Crippen LogP contribution is 2.32. The molecule has 2 heterocycles. The predicted octanol–water partition coefficient (Wildman–Crippen LogP) is 2.24. The summed E-state index contributed by atoms with van der Waals surface area (Å²) in [7, 11) is 0. The van der Waals surface area contributed by atoms with Crippen molar-refractivity contribution in [3.63, 3.8) is 0 Å². The molecule has 3 rings (SSSR count). The molecule has 7 heteroatoms. The Morgan fingerprint density at radius 3 is 2.78 bits per heavy atom. The molecule has 0 radical (unpaired) electrons. The molecule has 1 aromatic carbocycles. The largest absolute Gasteiger partial charge is 0.486 e. The van der Waals surface area contributed by atoms with Gasteiger partial charge in [-0.3, -0.25) is 9.59 Å². The standard InChI is InChI=1S/C16H15NO5S/c18-15(9-22-16(19)7-11-3-6-23-10-11)17-12-1-2-13-14(8-12)21-5-4-20-13/h1-3,6,8,10H,4-5,7,9H2,(H,17,18). The van der Waals surface area contributed by atoms with E-state index in [9.17, 15) is 9.59 Å². The first-order chi connectivity index (χ1) is 11.2. The van der Waals surface area contributed by atoms with E-state index in [4.69, 9.17) is 14.2 Å². The summed E-state index contributed by atoms with van der Waals surface area (Å²) in [5.74, 6) is 0.404. The number of esters is 1. The summed E-state index contributed by atoms with van der Waals surface area (Å²) in [6.07, 6.45) is 0.167. The molecule has 1 aromatic heterocycles. The van der Waals surface area contributed by atoms with Gasteiger partial charge in [0.15, 0.2) is 18.1 Å². The number of hydrogen-bond donors (Lipinski definition) is 1. The van der Waals surface area contributed by atoms with Gasteiger partial charge in [-0.25, -0.2) is 0 Å². The van der Waals surface area contributed by atoms with Gasteiger partial charge in [-0.1, -0.05) is 0 Å². The number of nitrogens with one attached hydrogen (secondary N) is 1. The van der Waals surface area contributed by atoms with Crippen molar-refractivity contribution in [2.45, 2.75) is 6.42 Å². The molecular weight excluding hydrogens is 318 g/mol. The van der Waals surface area contributed by atoms with E-state index < -0.39 is 11.9 Å². The van der Waals surface area contributed by atoms with Crippen LogP contribution >= 0.6 is 11.3 Å². The summed E-state index contributed by atoms with van der Waals surface area (Å²) in [6.45, 7) is 0.667. The van der Waals surface area contributed by atoms with Gasteiger partial charge in [0.25, 0.3) is 5.91 Å². The van der Waals surface area contributed by atoms with Crippen molar-refractivity contribution in [3.05, 3.63) is 40.6 Å². The zero-order chi connectivity index (χ0) is 16.1. The lowest BCUT2D eigenvalue weighted by Crippen LogP contribution is -2.22. The van der Waals surface area contributed by atoms with Crippen molar-refractivity contribution in [1.29, 1.82) is 0 Å². The van der Waals surface area contributed by atoms with Crippen LogP contribution in [0, 0.1) is 0 Å². The lowest BCUT2D eigenvalue weighted by atomic mass is 10.2. The van der Waals surface area contributed by atoms with Crippen LogP contribution in [0.3, 0.4) is 0 Å². The van der Waals surface area contributed by atoms with E-state index in [-0.39, 0.29) is 13.0 Å². The fourth-order valence-electron chi connectivity index (χ4n) is 2.08. The topological polar surface area (TPSA) is 73.9 Å². The van der Waals surface area contributed by atoms with Gasteiger partial charge in [0, 0.05) is 11.8 Å². The van der Waals surface area contributed by atoms with E-state index in [0.29, 0.717) is 30.4 Å². The predicted molar refractivity (Wildman–Crippen MR) is 85.0 cm³/mol. The van der Waals surface area contributed by atoms with Gasteiger partial charge >= 0.3 is 5.97 Å². The van der Waals surface area contributed by atoms with E-state index in [2.05, 4.69) is 5.32 Å². The molecule has 1 aliphatic rings. The lowest BCUT2D eigenvalue weighted by Gasteiger charge is -2.19. The first kappa shape index (κ1) is 15.4. The summed E-state index contributed by atoms with van der Waals surface area (Å²) in [5.41, 5.74) is 1.44. The minimum Gasteiger partial charge on any atom is -0.486 e. The lowest BCUT2D eigenvalue weighted by molar-refractivity contribution is -0.146. The number of hydrogen-bond acceptors (Lipinski definition) is 6. The molecule has 0 saturated heterocycles. The van der Waals surface area contributed by atoms with E-state index in [1.807, 2.05) is 16.8 Å². The van der Waals surface area contributed by atoms with Crippen LogP contribution in [-0.4, -0.2) is 31.7 Å². The van der Waals surface area contributed by atoms with Crippen LogP contribution in [0.5, 0.6) is 11.5 Å². The Hall–Kier alpha value is -2.54. The molecule has 1 N–H and O–H groups in total. The SMILES string of the molecule is O=C(COC(=O)Cc1ccsc1)Nc1ccc2c(c1)OCCO2. The molecule has 2 aromatic rings. The smallest absolute Gasteiger partial charge is 0.310 e. The first-order valence-electron chi connectivity index (χ1n) is 7.07. The molecule has 0 unspecified atom stereocenters. The summed E-state index contributed by atoms with van der Waals surface area (Å²) >= 11 is 1.51. The number of carbonyl (C=O) groups excluding carboxylic acids is 2. The maximum Gasteiger partial charge on any atom is 0.310 e. The highest BCUT2D eigenvalue weighted by molar-refractivity contribution is 7.07. The average Bonchev–Trinajstić information content (AvgIpc) is 3.06. The van der Waals surface area contributed by atoms with Crippen molar-refractivity contribution in [1.82, 2.24) is 0 Å². The summed E-state index contributed by atoms with van der Waals surface area (Å²) in [5, 5.41) is 6.41. The molecule has 0 spiro atoms. The molecule has 1 amide bonds. The normalized spacial score (nSPS) is 12.5. The third-order valence-corrected chi connectivity index (χ3v) is 3.85. The number of benzene rings is 1. The van der Waals surface area contributed by atoms with Gasteiger partial charge in [-0.05, 0) is 34.5 Å². The molecule has 6 nitrogen and oxygen atoms in total. The number of carbonyl (C=O) groups is 2. The fourth-order valence-corrected chi connectivity index (χ4v) is 2.74. The number of fused-ring (bicyclic) bond motifs is 1. The number of anilines is 1. The molecular formula is C16H15NO5S. The van der Waals surface area contributed by atoms with Crippen molar-refractivity contribution < 1.29 is 23.8 Å². The highest BCUT2D eigenvalue weighted by atomic mass is 32.1. The Balaban J connectivity index is 1.48. The average molecular weight is 333 g/mol. The monoisotopic (exact) mass is 333 g/mol. The number of ether oxygens (including phenoxy) is 3. The summed E-state index contributed by atoms with van der Waals surface area (Å²) in [6, 6.07) is 6.96. The van der Waals surface area contributed by atoms with Crippen molar-refractivity contribution >= 4 is 28.9 Å². The van der Waals surface area contributed by atoms with Crippen LogP contribution in [0.25, 0.3) is 0 Å². The second-order valence-corrected chi connectivity index (χ2v) is 5.66. The highest BCUT2D eigenvalue weighted by Gasteiger charge is 2.13. The van der Waals surface area contributed by atoms with Crippen LogP contribution in [0.15, 0.2) is 35.0 Å². The number of thiophene rings is 1. The summed E-state index contributed by atoms with van der Waals surface area (Å²) < 4.78 is 15.8. The Morgan fingerprint density at radius 1 is 1.17 bits per heavy atom. The Morgan fingerprint density at radius 2 is 2.00 bits per heavy atom. The maximum absolute atomic E-state index is 11.8. The molecule has 0 bridgehead atoms. The van der Waals surface area contributed by atoms with Crippen LogP contribution in [0.2, 0.25) is 0 Å². The minimum atomic E-state index is -0.430. The van der Waals surface area contributed by atoms with E-state index in [0.717, 1.165) is 5.56 Å². The van der Waals surface area contributed by atoms with Crippen molar-refractivity contribution in [2.24, 2.45) is 0 Å². The summed E-state index contributed by atoms with van der Waals surface area (Å²) in [4.78, 5) is 23.5. The van der Waals surface area contributed by atoms with Gasteiger partial charge in [-0.15, -0.1) is 0 Å². The van der Waals surface area contributed by atoms with Gasteiger partial charge in [-0.2, -0.15) is 11.3 Å². The van der Waals surface area contributed by atoms with Crippen LogP contribution < -0.4 is 14.8 Å². The molecule has 0 aliphatic carbocycles. The number of rotatable bonds is 5. The third-order valence-electron chi connectivity index (χ3n) is 3.12. The van der Waals surface area contributed by atoms with Crippen LogP contribution in [0.4, 0.5) is 5.69 Å². The third kappa shape index (κ3) is 4.23. The second kappa shape index (κ2) is 7.15. The van der Waals surface area contributed by atoms with Crippen molar-refractivity contribution in [2.75, 3.05) is 25.1 Å². The van der Waals surface area contributed by atoms with Crippen molar-refractivity contribution in [3.8, 4) is 11.5 Å². The quantitative estimate of drug-likeness (QED) is 0.850. The van der Waals surface area contributed by atoms with Crippen LogP contribution in [0.1, 0.15) is 5.56 Å². The van der Waals surface area contributed by atoms with E-state index >= 15 is 0 Å². The number of amides is 1. The van der Waals surface area contributed by atoms with Gasteiger partial charge in [0.2, 0.25) is 0 Å². The molecule has 120 valence electrons. The molecule has 0 atom stereocenters. The van der Waals surface area contributed by atoms with Gasteiger partial charge in [0.1, 0.15) is 13.2 Å². The van der Waals surface area contributed by atoms with Gasteiger partial charge < -0.3 is 19.5 Å². The van der Waals surface area contributed by atoms with E-state index in [1.54, 1.807) is 18.2 Å². The molecule has 1 aliphatic heterocycles. The molecule has 0 fully saturated rings. The Bertz CT molecular complexity index is 699. The molecule has 0 saturated carbocycles. The Labute approximate surface area is 137 Å². The Kier molecular flexibility index (Phi) is 4.77. The fraction of sp³-hybridized carbons (Fsp3) is 0.250. The van der Waals surface area contributed by atoms with Gasteiger partial charge in [0.05, 0.1) is 6.42 Å². The zero-order valence-corrected chi connectivity index (χ0v) is 13.1. The maximum atomic E-state index is 11.8. The minimum absolute atomic E-state index is 0.167. The second-order valence-electron chi connectivity index (χ2n) is 4.88.